The predicted molar refractivity (Wildman–Crippen MR) is 79.0 cm³/mol. The van der Waals surface area contributed by atoms with Crippen molar-refractivity contribution in [1.82, 2.24) is 5.32 Å². The lowest BCUT2D eigenvalue weighted by atomic mass is 10.2. The van der Waals surface area contributed by atoms with Crippen LogP contribution < -0.4 is 5.32 Å². The SMILES string of the molecule is CCNCc1ccc(Cl)cc1SCCC(C)C. The van der Waals surface area contributed by atoms with Crippen molar-refractivity contribution >= 4 is 23.4 Å². The summed E-state index contributed by atoms with van der Waals surface area (Å²) in [4.78, 5) is 1.32. The molecule has 0 saturated heterocycles. The van der Waals surface area contributed by atoms with Crippen LogP contribution >= 0.6 is 23.4 Å². The Kier molecular flexibility index (Phi) is 7.02. The first kappa shape index (κ1) is 14.9. The van der Waals surface area contributed by atoms with Gasteiger partial charge in [-0.2, -0.15) is 0 Å². The maximum Gasteiger partial charge on any atom is 0.0417 e. The molecule has 3 heteroatoms. The topological polar surface area (TPSA) is 12.0 Å². The largest absolute Gasteiger partial charge is 0.313 e. The number of thioether (sulfide) groups is 1. The van der Waals surface area contributed by atoms with Crippen molar-refractivity contribution in [2.24, 2.45) is 5.92 Å². The van der Waals surface area contributed by atoms with Crippen LogP contribution in [0, 0.1) is 5.92 Å². The molecule has 0 spiro atoms. The fourth-order valence-corrected chi connectivity index (χ4v) is 3.05. The molecule has 0 aromatic heterocycles. The molecule has 0 radical (unpaired) electrons. The van der Waals surface area contributed by atoms with Crippen molar-refractivity contribution in [3.05, 3.63) is 28.8 Å². The van der Waals surface area contributed by atoms with Gasteiger partial charge in [-0.15, -0.1) is 11.8 Å². The third-order valence-corrected chi connectivity index (χ3v) is 3.91. The summed E-state index contributed by atoms with van der Waals surface area (Å²) in [6.45, 7) is 8.58. The Morgan fingerprint density at radius 3 is 2.76 bits per heavy atom. The minimum absolute atomic E-state index is 0.763. The summed E-state index contributed by atoms with van der Waals surface area (Å²) < 4.78 is 0. The first-order valence-electron chi connectivity index (χ1n) is 6.25. The van der Waals surface area contributed by atoms with Crippen molar-refractivity contribution < 1.29 is 0 Å². The zero-order valence-corrected chi connectivity index (χ0v) is 12.5. The number of hydrogen-bond acceptors (Lipinski definition) is 2. The Morgan fingerprint density at radius 2 is 2.12 bits per heavy atom. The molecular formula is C14H22ClNS. The maximum atomic E-state index is 6.06. The van der Waals surface area contributed by atoms with Crippen LogP contribution in [-0.4, -0.2) is 12.3 Å². The van der Waals surface area contributed by atoms with Crippen LogP contribution in [0.2, 0.25) is 5.02 Å². The van der Waals surface area contributed by atoms with E-state index in [0.29, 0.717) is 0 Å². The molecule has 0 aliphatic rings. The summed E-state index contributed by atoms with van der Waals surface area (Å²) in [6.07, 6.45) is 1.25. The zero-order chi connectivity index (χ0) is 12.7. The lowest BCUT2D eigenvalue weighted by molar-refractivity contribution is 0.632. The highest BCUT2D eigenvalue weighted by Gasteiger charge is 2.04. The average Bonchev–Trinajstić information content (AvgIpc) is 2.27. The van der Waals surface area contributed by atoms with E-state index in [2.05, 4.69) is 38.2 Å². The van der Waals surface area contributed by atoms with Gasteiger partial charge in [-0.3, -0.25) is 0 Å². The van der Waals surface area contributed by atoms with Gasteiger partial charge in [-0.25, -0.2) is 0 Å². The lowest BCUT2D eigenvalue weighted by Crippen LogP contribution is -2.12. The second-order valence-electron chi connectivity index (χ2n) is 4.56. The van der Waals surface area contributed by atoms with Gasteiger partial charge in [0.25, 0.3) is 0 Å². The van der Waals surface area contributed by atoms with Crippen LogP contribution in [0.5, 0.6) is 0 Å². The van der Waals surface area contributed by atoms with Gasteiger partial charge in [-0.05, 0) is 42.3 Å². The Bertz CT molecular complexity index is 339. The van der Waals surface area contributed by atoms with Crippen LogP contribution in [0.4, 0.5) is 0 Å². The Balaban J connectivity index is 2.62. The second-order valence-corrected chi connectivity index (χ2v) is 6.14. The van der Waals surface area contributed by atoms with Gasteiger partial charge >= 0.3 is 0 Å². The number of benzene rings is 1. The van der Waals surface area contributed by atoms with Gasteiger partial charge in [0.1, 0.15) is 0 Å². The highest BCUT2D eigenvalue weighted by atomic mass is 35.5. The van der Waals surface area contributed by atoms with E-state index in [1.807, 2.05) is 17.8 Å². The van der Waals surface area contributed by atoms with E-state index in [9.17, 15) is 0 Å². The standard InChI is InChI=1S/C14H22ClNS/c1-4-16-10-12-5-6-13(15)9-14(12)17-8-7-11(2)3/h5-6,9,11,16H,4,7-8,10H2,1-3H3. The summed E-state index contributed by atoms with van der Waals surface area (Å²) in [5.74, 6) is 1.93. The van der Waals surface area contributed by atoms with Crippen molar-refractivity contribution in [3.63, 3.8) is 0 Å². The van der Waals surface area contributed by atoms with Crippen molar-refractivity contribution in [1.29, 1.82) is 0 Å². The van der Waals surface area contributed by atoms with E-state index < -0.39 is 0 Å². The summed E-state index contributed by atoms with van der Waals surface area (Å²) in [7, 11) is 0. The monoisotopic (exact) mass is 271 g/mol. The molecule has 0 unspecified atom stereocenters. The molecule has 17 heavy (non-hydrogen) atoms. The minimum atomic E-state index is 0.763. The Hall–Kier alpha value is -0.180. The summed E-state index contributed by atoms with van der Waals surface area (Å²) in [5.41, 5.74) is 1.35. The van der Waals surface area contributed by atoms with Crippen LogP contribution in [0.25, 0.3) is 0 Å². The second kappa shape index (κ2) is 8.02. The van der Waals surface area contributed by atoms with Crippen LogP contribution in [0.1, 0.15) is 32.8 Å². The van der Waals surface area contributed by atoms with E-state index in [1.54, 1.807) is 0 Å². The molecule has 0 aliphatic carbocycles. The van der Waals surface area contributed by atoms with Gasteiger partial charge in [0.05, 0.1) is 0 Å². The smallest absolute Gasteiger partial charge is 0.0417 e. The van der Waals surface area contributed by atoms with Crippen LogP contribution in [0.3, 0.4) is 0 Å². The fraction of sp³-hybridized carbons (Fsp3) is 0.571. The number of hydrogen-bond donors (Lipinski definition) is 1. The molecule has 0 aliphatic heterocycles. The highest BCUT2D eigenvalue weighted by molar-refractivity contribution is 7.99. The fourth-order valence-electron chi connectivity index (χ4n) is 1.47. The number of halogens is 1. The molecule has 1 N–H and O–H groups in total. The van der Waals surface area contributed by atoms with Crippen molar-refractivity contribution in [2.75, 3.05) is 12.3 Å². The van der Waals surface area contributed by atoms with E-state index in [0.717, 1.165) is 29.8 Å². The van der Waals surface area contributed by atoms with Crippen molar-refractivity contribution in [2.45, 2.75) is 38.6 Å². The first-order chi connectivity index (χ1) is 8.13. The van der Waals surface area contributed by atoms with Gasteiger partial charge in [0.15, 0.2) is 0 Å². The average molecular weight is 272 g/mol. The molecule has 0 atom stereocenters. The summed E-state index contributed by atoms with van der Waals surface area (Å²) >= 11 is 7.97. The van der Waals surface area contributed by atoms with Gasteiger partial charge in [0, 0.05) is 16.5 Å². The normalized spacial score (nSPS) is 11.1. The Labute approximate surface area is 114 Å². The molecule has 96 valence electrons. The van der Waals surface area contributed by atoms with E-state index >= 15 is 0 Å². The van der Waals surface area contributed by atoms with Crippen LogP contribution in [0.15, 0.2) is 23.1 Å². The molecule has 0 fully saturated rings. The minimum Gasteiger partial charge on any atom is -0.313 e. The summed E-state index contributed by atoms with van der Waals surface area (Å²) in [6, 6.07) is 6.18. The van der Waals surface area contributed by atoms with Crippen LogP contribution in [-0.2, 0) is 6.54 Å². The number of rotatable bonds is 7. The molecule has 1 nitrogen and oxygen atoms in total. The quantitative estimate of drug-likeness (QED) is 0.728. The van der Waals surface area contributed by atoms with Crippen molar-refractivity contribution in [3.8, 4) is 0 Å². The van der Waals surface area contributed by atoms with Gasteiger partial charge in [-0.1, -0.05) is 38.4 Å². The van der Waals surface area contributed by atoms with Gasteiger partial charge in [0.2, 0.25) is 0 Å². The molecular weight excluding hydrogens is 250 g/mol. The molecule has 0 amide bonds. The predicted octanol–water partition coefficient (Wildman–Crippen LogP) is 4.59. The van der Waals surface area contributed by atoms with E-state index in [-0.39, 0.29) is 0 Å². The maximum absolute atomic E-state index is 6.06. The summed E-state index contributed by atoms with van der Waals surface area (Å²) in [5, 5.41) is 4.20. The van der Waals surface area contributed by atoms with E-state index in [1.165, 1.54) is 16.9 Å². The Morgan fingerprint density at radius 1 is 1.35 bits per heavy atom. The van der Waals surface area contributed by atoms with Gasteiger partial charge < -0.3 is 5.32 Å². The van der Waals surface area contributed by atoms with E-state index in [4.69, 9.17) is 11.6 Å². The molecule has 1 aromatic rings. The first-order valence-corrected chi connectivity index (χ1v) is 7.61. The molecule has 0 heterocycles. The molecule has 1 rings (SSSR count). The highest BCUT2D eigenvalue weighted by Crippen LogP contribution is 2.27. The third-order valence-electron chi connectivity index (χ3n) is 2.55. The zero-order valence-electron chi connectivity index (χ0n) is 10.9. The molecule has 1 aromatic carbocycles. The number of nitrogens with one attached hydrogen (secondary N) is 1. The molecule has 0 saturated carbocycles. The molecule has 0 bridgehead atoms. The lowest BCUT2D eigenvalue weighted by Gasteiger charge is -2.11. The third kappa shape index (κ3) is 5.80.